The smallest absolute Gasteiger partial charge is 0.309 e. The third-order valence-corrected chi connectivity index (χ3v) is 6.82. The van der Waals surface area contributed by atoms with Crippen LogP contribution in [0.5, 0.6) is 5.75 Å². The number of hydrogen-bond acceptors (Lipinski definition) is 3. The van der Waals surface area contributed by atoms with E-state index in [0.717, 1.165) is 43.2 Å². The van der Waals surface area contributed by atoms with Gasteiger partial charge in [0.15, 0.2) is 0 Å². The fourth-order valence-corrected chi connectivity index (χ4v) is 5.48. The summed E-state index contributed by atoms with van der Waals surface area (Å²) in [6.45, 7) is 6.02. The van der Waals surface area contributed by atoms with Crippen molar-refractivity contribution in [3.05, 3.63) is 28.8 Å². The normalized spacial score (nSPS) is 33.4. The SMILES string of the molecule is C[C@H](CO)c1c(O)ccc2c1CC[C@H]1[C@@](C)(C(=O)O)CCC[C@]21C. The maximum absolute atomic E-state index is 12.0. The van der Waals surface area contributed by atoms with Crippen molar-refractivity contribution in [2.45, 2.75) is 64.2 Å². The molecule has 24 heavy (non-hydrogen) atoms. The Morgan fingerprint density at radius 2 is 2.04 bits per heavy atom. The molecule has 4 heteroatoms. The Morgan fingerprint density at radius 1 is 1.33 bits per heavy atom. The van der Waals surface area contributed by atoms with Crippen LogP contribution in [0.15, 0.2) is 12.1 Å². The second-order valence-corrected chi connectivity index (χ2v) is 8.19. The highest BCUT2D eigenvalue weighted by Gasteiger charge is 2.55. The largest absolute Gasteiger partial charge is 0.508 e. The van der Waals surface area contributed by atoms with Crippen molar-refractivity contribution in [1.82, 2.24) is 0 Å². The molecule has 1 aromatic rings. The van der Waals surface area contributed by atoms with Crippen LogP contribution in [0.1, 0.15) is 69.1 Å². The topological polar surface area (TPSA) is 77.8 Å². The Kier molecular flexibility index (Phi) is 4.15. The van der Waals surface area contributed by atoms with Crippen LogP contribution < -0.4 is 0 Å². The number of aromatic hydroxyl groups is 1. The molecule has 4 nitrogen and oxygen atoms in total. The summed E-state index contributed by atoms with van der Waals surface area (Å²) >= 11 is 0. The summed E-state index contributed by atoms with van der Waals surface area (Å²) in [6.07, 6.45) is 4.20. The first-order valence-electron chi connectivity index (χ1n) is 8.95. The number of fused-ring (bicyclic) bond motifs is 3. The average molecular weight is 332 g/mol. The third-order valence-electron chi connectivity index (χ3n) is 6.82. The van der Waals surface area contributed by atoms with Gasteiger partial charge in [0.05, 0.1) is 5.41 Å². The van der Waals surface area contributed by atoms with Crippen molar-refractivity contribution >= 4 is 5.97 Å². The van der Waals surface area contributed by atoms with Crippen molar-refractivity contribution in [2.24, 2.45) is 11.3 Å². The summed E-state index contributed by atoms with van der Waals surface area (Å²) in [4.78, 5) is 12.0. The molecule has 0 bridgehead atoms. The molecule has 2 aliphatic rings. The zero-order chi connectivity index (χ0) is 17.7. The molecule has 0 aromatic heterocycles. The second kappa shape index (κ2) is 5.76. The average Bonchev–Trinajstić information content (AvgIpc) is 2.53. The summed E-state index contributed by atoms with van der Waals surface area (Å²) < 4.78 is 0. The van der Waals surface area contributed by atoms with Gasteiger partial charge in [0, 0.05) is 18.1 Å². The van der Waals surface area contributed by atoms with E-state index in [0.29, 0.717) is 0 Å². The van der Waals surface area contributed by atoms with E-state index < -0.39 is 11.4 Å². The van der Waals surface area contributed by atoms with E-state index in [1.807, 2.05) is 19.9 Å². The molecule has 1 saturated carbocycles. The van der Waals surface area contributed by atoms with Crippen LogP contribution in [0, 0.1) is 11.3 Å². The minimum absolute atomic E-state index is 0.00298. The number of carboxylic acids is 1. The van der Waals surface area contributed by atoms with Gasteiger partial charge in [-0.3, -0.25) is 4.79 Å². The van der Waals surface area contributed by atoms with Crippen LogP contribution in [0.4, 0.5) is 0 Å². The number of carbonyl (C=O) groups is 1. The van der Waals surface area contributed by atoms with Gasteiger partial charge in [-0.15, -0.1) is 0 Å². The number of phenols is 1. The highest BCUT2D eigenvalue weighted by atomic mass is 16.4. The molecule has 0 heterocycles. The van der Waals surface area contributed by atoms with Gasteiger partial charge in [-0.25, -0.2) is 0 Å². The first-order valence-corrected chi connectivity index (χ1v) is 8.95. The molecule has 132 valence electrons. The van der Waals surface area contributed by atoms with Gasteiger partial charge in [0.25, 0.3) is 0 Å². The molecule has 3 N–H and O–H groups in total. The number of aliphatic hydroxyl groups is 1. The third kappa shape index (κ3) is 2.26. The quantitative estimate of drug-likeness (QED) is 0.790. The van der Waals surface area contributed by atoms with E-state index in [2.05, 4.69) is 6.92 Å². The second-order valence-electron chi connectivity index (χ2n) is 8.19. The molecule has 1 aromatic carbocycles. The molecule has 0 saturated heterocycles. The fourth-order valence-electron chi connectivity index (χ4n) is 5.48. The van der Waals surface area contributed by atoms with E-state index in [1.54, 1.807) is 6.07 Å². The molecule has 0 aliphatic heterocycles. The molecular weight excluding hydrogens is 304 g/mol. The van der Waals surface area contributed by atoms with Crippen LogP contribution in [-0.4, -0.2) is 27.9 Å². The summed E-state index contributed by atoms with van der Waals surface area (Å²) in [5, 5.41) is 29.8. The van der Waals surface area contributed by atoms with Gasteiger partial charge in [-0.2, -0.15) is 0 Å². The fraction of sp³-hybridized carbons (Fsp3) is 0.650. The van der Waals surface area contributed by atoms with Crippen molar-refractivity contribution in [1.29, 1.82) is 0 Å². The van der Waals surface area contributed by atoms with E-state index in [4.69, 9.17) is 0 Å². The Hall–Kier alpha value is -1.55. The lowest BCUT2D eigenvalue weighted by Crippen LogP contribution is -2.52. The number of phenolic OH excluding ortho intramolecular Hbond substituents is 1. The van der Waals surface area contributed by atoms with Crippen molar-refractivity contribution in [3.8, 4) is 5.75 Å². The number of aliphatic hydroxyl groups excluding tert-OH is 1. The Labute approximate surface area is 143 Å². The van der Waals surface area contributed by atoms with Gasteiger partial charge in [0.2, 0.25) is 0 Å². The molecular formula is C20H28O4. The summed E-state index contributed by atoms with van der Waals surface area (Å²) in [5.41, 5.74) is 2.28. The van der Waals surface area contributed by atoms with E-state index >= 15 is 0 Å². The van der Waals surface area contributed by atoms with Crippen LogP contribution in [0.3, 0.4) is 0 Å². The minimum Gasteiger partial charge on any atom is -0.508 e. The molecule has 0 unspecified atom stereocenters. The van der Waals surface area contributed by atoms with E-state index in [1.165, 1.54) is 5.56 Å². The van der Waals surface area contributed by atoms with Gasteiger partial charge in [0.1, 0.15) is 5.75 Å². The highest BCUT2D eigenvalue weighted by Crippen LogP contribution is 2.58. The summed E-state index contributed by atoms with van der Waals surface area (Å²) in [5.74, 6) is -0.459. The zero-order valence-electron chi connectivity index (χ0n) is 14.8. The molecule has 2 aliphatic carbocycles. The number of hydrogen-bond donors (Lipinski definition) is 3. The molecule has 1 fully saturated rings. The van der Waals surface area contributed by atoms with Crippen molar-refractivity contribution in [2.75, 3.05) is 6.61 Å². The monoisotopic (exact) mass is 332 g/mol. The van der Waals surface area contributed by atoms with Crippen LogP contribution in [0.2, 0.25) is 0 Å². The first kappa shape index (κ1) is 17.3. The van der Waals surface area contributed by atoms with Crippen LogP contribution in [-0.2, 0) is 16.6 Å². The lowest BCUT2D eigenvalue weighted by atomic mass is 9.49. The predicted molar refractivity (Wildman–Crippen MR) is 92.4 cm³/mol. The first-order chi connectivity index (χ1) is 11.3. The maximum atomic E-state index is 12.0. The standard InChI is InChI=1S/C20H28O4/c1-12(11-21)17-13-5-8-16-19(2,14(13)6-7-15(17)22)9-4-10-20(16,3)18(23)24/h6-7,12,16,21-22H,4-5,8-11H2,1-3H3,(H,23,24)/t12-,16-,19-,20+/m1/s1. The van der Waals surface area contributed by atoms with E-state index in [-0.39, 0.29) is 29.6 Å². The van der Waals surface area contributed by atoms with Gasteiger partial charge in [-0.05, 0) is 61.1 Å². The highest BCUT2D eigenvalue weighted by molar-refractivity contribution is 5.75. The van der Waals surface area contributed by atoms with Gasteiger partial charge in [-0.1, -0.05) is 26.3 Å². The number of rotatable bonds is 3. The summed E-state index contributed by atoms with van der Waals surface area (Å²) in [7, 11) is 0. The van der Waals surface area contributed by atoms with Crippen molar-refractivity contribution in [3.63, 3.8) is 0 Å². The zero-order valence-corrected chi connectivity index (χ0v) is 14.8. The lowest BCUT2D eigenvalue weighted by Gasteiger charge is -2.54. The van der Waals surface area contributed by atoms with Gasteiger partial charge >= 0.3 is 5.97 Å². The van der Waals surface area contributed by atoms with Gasteiger partial charge < -0.3 is 15.3 Å². The predicted octanol–water partition coefficient (Wildman–Crippen LogP) is 3.58. The van der Waals surface area contributed by atoms with E-state index in [9.17, 15) is 20.1 Å². The van der Waals surface area contributed by atoms with Crippen molar-refractivity contribution < 1.29 is 20.1 Å². The number of aliphatic carboxylic acids is 1. The molecule has 0 spiro atoms. The molecule has 3 rings (SSSR count). The molecule has 0 radical (unpaired) electrons. The lowest BCUT2D eigenvalue weighted by molar-refractivity contribution is -0.157. The minimum atomic E-state index is -0.690. The Morgan fingerprint density at radius 3 is 2.67 bits per heavy atom. The molecule has 4 atom stereocenters. The Bertz CT molecular complexity index is 668. The molecule has 0 amide bonds. The maximum Gasteiger partial charge on any atom is 0.309 e. The van der Waals surface area contributed by atoms with Crippen LogP contribution in [0.25, 0.3) is 0 Å². The summed E-state index contributed by atoms with van der Waals surface area (Å²) in [6, 6.07) is 3.71. The number of benzene rings is 1. The number of carboxylic acid groups (broad SMARTS) is 1. The Balaban J connectivity index is 2.16. The van der Waals surface area contributed by atoms with Crippen LogP contribution >= 0.6 is 0 Å².